The quantitative estimate of drug-likeness (QED) is 0.155. The standard InChI is InChI=1S/C24H20BrCl3N2O3S/c1-14(34-18-6-4-17(26)5-7-18)24(31)30-29-12-16-9-19(25)23(22(11-16)32-2)33-13-15-3-8-20(27)21(28)10-15/h3-12,14H,13H2,1-2H3,(H,30,31)/b29-12-/t14-/m0/s1. The molecule has 0 aliphatic carbocycles. The zero-order chi connectivity index (χ0) is 24.7. The highest BCUT2D eigenvalue weighted by Crippen LogP contribution is 2.37. The van der Waals surface area contributed by atoms with Crippen LogP contribution in [0.4, 0.5) is 0 Å². The summed E-state index contributed by atoms with van der Waals surface area (Å²) in [4.78, 5) is 13.3. The first-order valence-corrected chi connectivity index (χ1v) is 12.8. The van der Waals surface area contributed by atoms with Crippen molar-refractivity contribution in [1.29, 1.82) is 0 Å². The van der Waals surface area contributed by atoms with Gasteiger partial charge < -0.3 is 9.47 Å². The number of carbonyl (C=O) groups is 1. The van der Waals surface area contributed by atoms with E-state index in [9.17, 15) is 4.79 Å². The monoisotopic (exact) mass is 600 g/mol. The Morgan fingerprint density at radius 3 is 2.53 bits per heavy atom. The lowest BCUT2D eigenvalue weighted by Gasteiger charge is -2.14. The number of methoxy groups -OCH3 is 1. The minimum absolute atomic E-state index is 0.219. The maximum Gasteiger partial charge on any atom is 0.253 e. The molecule has 178 valence electrons. The number of hydrogen-bond donors (Lipinski definition) is 1. The van der Waals surface area contributed by atoms with Crippen molar-refractivity contribution in [1.82, 2.24) is 5.43 Å². The Labute approximate surface area is 225 Å². The number of hydrazone groups is 1. The number of nitrogens with one attached hydrogen (secondary N) is 1. The third-order valence-electron chi connectivity index (χ3n) is 4.50. The molecule has 1 amide bonds. The van der Waals surface area contributed by atoms with E-state index < -0.39 is 0 Å². The maximum atomic E-state index is 12.4. The molecule has 1 atom stereocenters. The number of hydrogen-bond acceptors (Lipinski definition) is 5. The van der Waals surface area contributed by atoms with E-state index in [1.165, 1.54) is 18.0 Å². The van der Waals surface area contributed by atoms with E-state index in [1.807, 2.05) is 31.2 Å². The van der Waals surface area contributed by atoms with E-state index in [0.29, 0.717) is 36.6 Å². The van der Waals surface area contributed by atoms with Crippen molar-refractivity contribution in [3.8, 4) is 11.5 Å². The average molecular weight is 603 g/mol. The van der Waals surface area contributed by atoms with Gasteiger partial charge in [0.2, 0.25) is 0 Å². The Balaban J connectivity index is 1.62. The predicted octanol–water partition coefficient (Wildman–Crippen LogP) is 7.63. The first-order chi connectivity index (χ1) is 16.3. The minimum atomic E-state index is -0.336. The zero-order valence-corrected chi connectivity index (χ0v) is 22.8. The predicted molar refractivity (Wildman–Crippen MR) is 144 cm³/mol. The van der Waals surface area contributed by atoms with Crippen LogP contribution in [0.15, 0.2) is 69.1 Å². The summed E-state index contributed by atoms with van der Waals surface area (Å²) in [6.07, 6.45) is 1.54. The Kier molecular flexibility index (Phi) is 9.97. The van der Waals surface area contributed by atoms with Crippen molar-refractivity contribution in [2.24, 2.45) is 5.10 Å². The van der Waals surface area contributed by atoms with Crippen LogP contribution in [0.1, 0.15) is 18.1 Å². The SMILES string of the molecule is COc1cc(/C=N\NC(=O)[C@H](C)Sc2ccc(Cl)cc2)cc(Br)c1OCc1ccc(Cl)c(Cl)c1. The molecule has 0 radical (unpaired) electrons. The smallest absolute Gasteiger partial charge is 0.253 e. The van der Waals surface area contributed by atoms with E-state index >= 15 is 0 Å². The number of carbonyl (C=O) groups excluding carboxylic acids is 1. The Morgan fingerprint density at radius 1 is 1.12 bits per heavy atom. The van der Waals surface area contributed by atoms with Crippen molar-refractivity contribution >= 4 is 74.6 Å². The average Bonchev–Trinajstić information content (AvgIpc) is 2.81. The normalized spacial score (nSPS) is 11.9. The van der Waals surface area contributed by atoms with Crippen LogP contribution in [0.3, 0.4) is 0 Å². The number of thioether (sulfide) groups is 1. The van der Waals surface area contributed by atoms with Gasteiger partial charge >= 0.3 is 0 Å². The fraction of sp³-hybridized carbons (Fsp3) is 0.167. The van der Waals surface area contributed by atoms with Crippen LogP contribution in [-0.2, 0) is 11.4 Å². The molecular weight excluding hydrogens is 583 g/mol. The van der Waals surface area contributed by atoms with Gasteiger partial charge in [0.25, 0.3) is 5.91 Å². The van der Waals surface area contributed by atoms with Gasteiger partial charge in [0.15, 0.2) is 11.5 Å². The lowest BCUT2D eigenvalue weighted by atomic mass is 10.2. The lowest BCUT2D eigenvalue weighted by molar-refractivity contribution is -0.120. The number of nitrogens with zero attached hydrogens (tertiary/aromatic N) is 1. The number of benzene rings is 3. The fourth-order valence-electron chi connectivity index (χ4n) is 2.77. The van der Waals surface area contributed by atoms with Gasteiger partial charge in [-0.1, -0.05) is 40.9 Å². The second-order valence-electron chi connectivity index (χ2n) is 7.02. The molecule has 0 aliphatic rings. The van der Waals surface area contributed by atoms with Gasteiger partial charge in [-0.25, -0.2) is 5.43 Å². The maximum absolute atomic E-state index is 12.4. The third kappa shape index (κ3) is 7.55. The lowest BCUT2D eigenvalue weighted by Crippen LogP contribution is -2.26. The molecule has 0 aromatic heterocycles. The number of amides is 1. The van der Waals surface area contributed by atoms with Gasteiger partial charge in [-0.3, -0.25) is 4.79 Å². The summed E-state index contributed by atoms with van der Waals surface area (Å²) in [5.74, 6) is 0.820. The zero-order valence-electron chi connectivity index (χ0n) is 18.2. The van der Waals surface area contributed by atoms with E-state index in [1.54, 1.807) is 37.4 Å². The first-order valence-electron chi connectivity index (χ1n) is 9.96. The summed E-state index contributed by atoms with van der Waals surface area (Å²) in [5.41, 5.74) is 4.14. The molecule has 0 fully saturated rings. The van der Waals surface area contributed by atoms with Crippen LogP contribution < -0.4 is 14.9 Å². The molecule has 34 heavy (non-hydrogen) atoms. The highest BCUT2D eigenvalue weighted by atomic mass is 79.9. The highest BCUT2D eigenvalue weighted by molar-refractivity contribution is 9.10. The number of ether oxygens (including phenoxy) is 2. The molecule has 5 nitrogen and oxygen atoms in total. The largest absolute Gasteiger partial charge is 0.493 e. The molecule has 3 aromatic rings. The molecule has 0 bridgehead atoms. The molecule has 3 rings (SSSR count). The van der Waals surface area contributed by atoms with Crippen LogP contribution in [0, 0.1) is 0 Å². The van der Waals surface area contributed by atoms with Crippen LogP contribution in [0.25, 0.3) is 0 Å². The van der Waals surface area contributed by atoms with Crippen molar-refractivity contribution in [3.05, 3.63) is 85.3 Å². The van der Waals surface area contributed by atoms with Gasteiger partial charge in [-0.15, -0.1) is 11.8 Å². The summed E-state index contributed by atoms with van der Waals surface area (Å²) < 4.78 is 12.1. The summed E-state index contributed by atoms with van der Waals surface area (Å²) in [5, 5.41) is 5.33. The van der Waals surface area contributed by atoms with Crippen molar-refractivity contribution in [2.45, 2.75) is 23.7 Å². The van der Waals surface area contributed by atoms with Crippen molar-refractivity contribution in [3.63, 3.8) is 0 Å². The second-order valence-corrected chi connectivity index (χ2v) is 10.5. The molecule has 0 aliphatic heterocycles. The molecule has 0 saturated carbocycles. The molecule has 10 heteroatoms. The molecule has 0 saturated heterocycles. The molecule has 0 spiro atoms. The molecule has 1 N–H and O–H groups in total. The summed E-state index contributed by atoms with van der Waals surface area (Å²) in [6.45, 7) is 2.09. The van der Waals surface area contributed by atoms with Crippen molar-refractivity contribution in [2.75, 3.05) is 7.11 Å². The Hall–Kier alpha value is -1.90. The summed E-state index contributed by atoms with van der Waals surface area (Å²) >= 11 is 22.9. The number of halogens is 4. The van der Waals surface area contributed by atoms with Gasteiger partial charge in [0, 0.05) is 9.92 Å². The Morgan fingerprint density at radius 2 is 1.85 bits per heavy atom. The molecule has 0 heterocycles. The highest BCUT2D eigenvalue weighted by Gasteiger charge is 2.15. The fourth-order valence-corrected chi connectivity index (χ4v) is 4.65. The van der Waals surface area contributed by atoms with E-state index in [2.05, 4.69) is 26.5 Å². The molecular formula is C24H20BrCl3N2O3S. The van der Waals surface area contributed by atoms with Crippen LogP contribution >= 0.6 is 62.5 Å². The van der Waals surface area contributed by atoms with Crippen LogP contribution in [0.2, 0.25) is 15.1 Å². The van der Waals surface area contributed by atoms with Crippen LogP contribution in [-0.4, -0.2) is 24.5 Å². The summed E-state index contributed by atoms with van der Waals surface area (Å²) in [6, 6.07) is 16.2. The molecule has 0 unspecified atom stereocenters. The third-order valence-corrected chi connectivity index (χ3v) is 7.20. The van der Waals surface area contributed by atoms with E-state index in [4.69, 9.17) is 44.3 Å². The second kappa shape index (κ2) is 12.7. The molecule has 3 aromatic carbocycles. The Bertz CT molecular complexity index is 1190. The van der Waals surface area contributed by atoms with Gasteiger partial charge in [-0.2, -0.15) is 5.10 Å². The van der Waals surface area contributed by atoms with E-state index in [-0.39, 0.29) is 17.8 Å². The van der Waals surface area contributed by atoms with Gasteiger partial charge in [-0.05, 0) is 82.5 Å². The van der Waals surface area contributed by atoms with Gasteiger partial charge in [0.05, 0.1) is 33.1 Å². The minimum Gasteiger partial charge on any atom is -0.493 e. The van der Waals surface area contributed by atoms with E-state index in [0.717, 1.165) is 10.5 Å². The van der Waals surface area contributed by atoms with Crippen LogP contribution in [0.5, 0.6) is 11.5 Å². The topological polar surface area (TPSA) is 59.9 Å². The summed E-state index contributed by atoms with van der Waals surface area (Å²) in [7, 11) is 1.55. The van der Waals surface area contributed by atoms with Crippen molar-refractivity contribution < 1.29 is 14.3 Å². The first kappa shape index (κ1) is 26.7. The number of rotatable bonds is 9. The van der Waals surface area contributed by atoms with Gasteiger partial charge in [0.1, 0.15) is 6.61 Å².